The SMILES string of the molecule is Fc1ccc2cccc(-c3c(Cl)cc4c(N5CC6CCC(C6)C5)nc(OC[C@@]56CCCN5C[C@H](F)C6)nc4c3F)c2c1Cl. The summed E-state index contributed by atoms with van der Waals surface area (Å²) in [7, 11) is 0. The minimum absolute atomic E-state index is 0.0677. The molecule has 1 aliphatic carbocycles. The molecule has 3 aromatic carbocycles. The lowest BCUT2D eigenvalue weighted by molar-refractivity contribution is 0.107. The van der Waals surface area contributed by atoms with Gasteiger partial charge in [0.2, 0.25) is 0 Å². The van der Waals surface area contributed by atoms with E-state index in [4.69, 9.17) is 32.9 Å². The van der Waals surface area contributed by atoms with Gasteiger partial charge in [-0.3, -0.25) is 4.90 Å². The Morgan fingerprint density at radius 1 is 1.02 bits per heavy atom. The number of fused-ring (bicyclic) bond motifs is 5. The molecule has 10 heteroatoms. The van der Waals surface area contributed by atoms with Gasteiger partial charge in [-0.1, -0.05) is 47.5 Å². The summed E-state index contributed by atoms with van der Waals surface area (Å²) in [6.07, 6.45) is 4.90. The maximum Gasteiger partial charge on any atom is 0.319 e. The molecule has 4 aliphatic rings. The van der Waals surface area contributed by atoms with Crippen LogP contribution in [0.15, 0.2) is 36.4 Å². The van der Waals surface area contributed by atoms with Crippen LogP contribution in [0.25, 0.3) is 32.8 Å². The normalized spacial score (nSPS) is 27.0. The predicted molar refractivity (Wildman–Crippen MR) is 164 cm³/mol. The second-order valence-corrected chi connectivity index (χ2v) is 13.6. The topological polar surface area (TPSA) is 41.5 Å². The van der Waals surface area contributed by atoms with Gasteiger partial charge >= 0.3 is 6.01 Å². The lowest BCUT2D eigenvalue weighted by Gasteiger charge is -2.34. The summed E-state index contributed by atoms with van der Waals surface area (Å²) in [4.78, 5) is 13.9. The number of nitrogens with zero attached hydrogens (tertiary/aromatic N) is 4. The van der Waals surface area contributed by atoms with Crippen molar-refractivity contribution in [2.24, 2.45) is 11.8 Å². The fourth-order valence-corrected chi connectivity index (χ4v) is 8.83. The van der Waals surface area contributed by atoms with Crippen molar-refractivity contribution in [3.8, 4) is 17.1 Å². The zero-order chi connectivity index (χ0) is 29.5. The number of alkyl halides is 1. The molecular formula is C33H31Cl2F3N4O. The van der Waals surface area contributed by atoms with Gasteiger partial charge in [-0.05, 0) is 73.6 Å². The van der Waals surface area contributed by atoms with E-state index >= 15 is 4.39 Å². The van der Waals surface area contributed by atoms with Crippen molar-refractivity contribution in [1.29, 1.82) is 0 Å². The molecule has 2 bridgehead atoms. The molecule has 4 fully saturated rings. The van der Waals surface area contributed by atoms with Crippen LogP contribution in [0.4, 0.5) is 19.0 Å². The van der Waals surface area contributed by atoms with Crippen LogP contribution in [0.2, 0.25) is 10.0 Å². The summed E-state index contributed by atoms with van der Waals surface area (Å²) in [6.45, 7) is 3.14. The Kier molecular flexibility index (Phi) is 6.69. The first-order valence-electron chi connectivity index (χ1n) is 15.1. The molecule has 3 aliphatic heterocycles. The molecule has 4 aromatic rings. The summed E-state index contributed by atoms with van der Waals surface area (Å²) in [5, 5.41) is 1.62. The Balaban J connectivity index is 1.28. The van der Waals surface area contributed by atoms with Crippen molar-refractivity contribution in [2.75, 3.05) is 37.7 Å². The van der Waals surface area contributed by atoms with Crippen LogP contribution < -0.4 is 9.64 Å². The molecule has 8 rings (SSSR count). The van der Waals surface area contributed by atoms with Crippen LogP contribution in [0.1, 0.15) is 38.5 Å². The summed E-state index contributed by atoms with van der Waals surface area (Å²) >= 11 is 13.3. The molecule has 0 spiro atoms. The molecule has 2 unspecified atom stereocenters. The predicted octanol–water partition coefficient (Wildman–Crippen LogP) is 8.23. The van der Waals surface area contributed by atoms with Crippen LogP contribution in [-0.2, 0) is 0 Å². The Morgan fingerprint density at radius 3 is 2.65 bits per heavy atom. The molecule has 3 saturated heterocycles. The highest BCUT2D eigenvalue weighted by atomic mass is 35.5. The highest BCUT2D eigenvalue weighted by Gasteiger charge is 2.49. The summed E-state index contributed by atoms with van der Waals surface area (Å²) in [5.41, 5.74) is 0.163. The Bertz CT molecular complexity index is 1760. The van der Waals surface area contributed by atoms with E-state index < -0.39 is 23.3 Å². The van der Waals surface area contributed by atoms with Crippen LogP contribution in [0.3, 0.4) is 0 Å². The van der Waals surface area contributed by atoms with Crippen LogP contribution in [0, 0.1) is 23.5 Å². The van der Waals surface area contributed by atoms with E-state index in [1.165, 1.54) is 25.3 Å². The number of anilines is 1. The average Bonchev–Trinajstić information content (AvgIpc) is 3.64. The highest BCUT2D eigenvalue weighted by Crippen LogP contribution is 2.45. The van der Waals surface area contributed by atoms with E-state index in [-0.39, 0.29) is 33.7 Å². The van der Waals surface area contributed by atoms with E-state index in [1.807, 2.05) is 0 Å². The van der Waals surface area contributed by atoms with Gasteiger partial charge in [-0.15, -0.1) is 0 Å². The maximum absolute atomic E-state index is 16.8. The number of hydrogen-bond acceptors (Lipinski definition) is 5. The molecule has 0 amide bonds. The first kappa shape index (κ1) is 27.7. The molecule has 224 valence electrons. The highest BCUT2D eigenvalue weighted by molar-refractivity contribution is 6.38. The number of hydrogen-bond donors (Lipinski definition) is 0. The molecule has 5 nitrogen and oxygen atoms in total. The van der Waals surface area contributed by atoms with Gasteiger partial charge in [0, 0.05) is 42.4 Å². The number of ether oxygens (including phenoxy) is 1. The van der Waals surface area contributed by atoms with Gasteiger partial charge in [-0.2, -0.15) is 9.97 Å². The van der Waals surface area contributed by atoms with Gasteiger partial charge in [0.1, 0.15) is 29.9 Å². The maximum atomic E-state index is 16.8. The summed E-state index contributed by atoms with van der Waals surface area (Å²) in [6, 6.07) is 9.93. The van der Waals surface area contributed by atoms with Gasteiger partial charge < -0.3 is 9.64 Å². The Labute approximate surface area is 257 Å². The van der Waals surface area contributed by atoms with Gasteiger partial charge in [-0.25, -0.2) is 13.2 Å². The van der Waals surface area contributed by atoms with Crippen molar-refractivity contribution in [3.05, 3.63) is 58.1 Å². The second-order valence-electron chi connectivity index (χ2n) is 12.9. The Morgan fingerprint density at radius 2 is 1.84 bits per heavy atom. The number of benzene rings is 3. The Hall–Kier alpha value is -2.81. The quantitative estimate of drug-likeness (QED) is 0.223. The molecule has 1 saturated carbocycles. The molecule has 0 radical (unpaired) electrons. The fraction of sp³-hybridized carbons (Fsp3) is 0.455. The van der Waals surface area contributed by atoms with E-state index in [0.717, 1.165) is 32.5 Å². The molecular weight excluding hydrogens is 596 g/mol. The third kappa shape index (κ3) is 4.55. The number of halogens is 5. The van der Waals surface area contributed by atoms with Crippen molar-refractivity contribution in [2.45, 2.75) is 50.2 Å². The smallest absolute Gasteiger partial charge is 0.319 e. The summed E-state index contributed by atoms with van der Waals surface area (Å²) < 4.78 is 52.1. The number of rotatable bonds is 5. The zero-order valence-electron chi connectivity index (χ0n) is 23.6. The third-order valence-corrected chi connectivity index (χ3v) is 10.9. The monoisotopic (exact) mass is 626 g/mol. The molecule has 43 heavy (non-hydrogen) atoms. The zero-order valence-corrected chi connectivity index (χ0v) is 25.1. The first-order chi connectivity index (χ1) is 20.8. The number of piperidine rings is 1. The van der Waals surface area contributed by atoms with Crippen molar-refractivity contribution < 1.29 is 17.9 Å². The minimum atomic E-state index is -0.889. The van der Waals surface area contributed by atoms with Crippen LogP contribution in [0.5, 0.6) is 6.01 Å². The van der Waals surface area contributed by atoms with Gasteiger partial charge in [0.05, 0.1) is 15.6 Å². The van der Waals surface area contributed by atoms with E-state index in [2.05, 4.69) is 14.8 Å². The van der Waals surface area contributed by atoms with Crippen LogP contribution in [-0.4, -0.2) is 59.4 Å². The van der Waals surface area contributed by atoms with Crippen molar-refractivity contribution >= 4 is 50.7 Å². The van der Waals surface area contributed by atoms with Crippen LogP contribution >= 0.6 is 23.2 Å². The van der Waals surface area contributed by atoms with E-state index in [1.54, 1.807) is 30.3 Å². The van der Waals surface area contributed by atoms with Gasteiger partial charge in [0.15, 0.2) is 5.82 Å². The average molecular weight is 628 g/mol. The molecule has 1 aromatic heterocycles. The minimum Gasteiger partial charge on any atom is -0.461 e. The lowest BCUT2D eigenvalue weighted by Crippen LogP contribution is -2.43. The second kappa shape index (κ2) is 10.4. The molecule has 0 N–H and O–H groups in total. The standard InChI is InChI=1S/C33H31Cl2F3N4O/c34-24-12-23-30(29(38)27(24)22-4-1-3-20-7-8-25(37)28(35)26(20)22)39-32(40-31(23)41-14-18-5-6-19(11-18)15-41)43-17-33-9-2-10-42(33)16-21(36)13-33/h1,3-4,7-8,12,18-19,21H,2,5-6,9-11,13-17H2/t18?,19?,21-,33+/m1/s1. The fourth-order valence-electron chi connectivity index (χ4n) is 8.26. The largest absolute Gasteiger partial charge is 0.461 e. The lowest BCUT2D eigenvalue weighted by atomic mass is 9.95. The van der Waals surface area contributed by atoms with Crippen molar-refractivity contribution in [3.63, 3.8) is 0 Å². The molecule has 4 atom stereocenters. The summed E-state index contributed by atoms with van der Waals surface area (Å²) in [5.74, 6) is 0.482. The van der Waals surface area contributed by atoms with E-state index in [0.29, 0.717) is 52.3 Å². The third-order valence-electron chi connectivity index (χ3n) is 10.2. The first-order valence-corrected chi connectivity index (χ1v) is 15.9. The number of aromatic nitrogens is 2. The van der Waals surface area contributed by atoms with Gasteiger partial charge in [0.25, 0.3) is 0 Å². The van der Waals surface area contributed by atoms with E-state index in [9.17, 15) is 8.78 Å². The molecule has 4 heterocycles. The van der Waals surface area contributed by atoms with Crippen molar-refractivity contribution in [1.82, 2.24) is 14.9 Å².